The molecule has 0 radical (unpaired) electrons. The van der Waals surface area contributed by atoms with Crippen molar-refractivity contribution in [3.05, 3.63) is 0 Å². The lowest BCUT2D eigenvalue weighted by Gasteiger charge is -2.43. The van der Waals surface area contributed by atoms with Gasteiger partial charge in [0.2, 0.25) is 11.8 Å². The van der Waals surface area contributed by atoms with Crippen molar-refractivity contribution in [3.8, 4) is 0 Å². The Bertz CT molecular complexity index is 339. The monoisotopic (exact) mass is 268 g/mol. The third-order valence-corrected chi connectivity index (χ3v) is 3.92. The SMILES string of the molecule is CCC(C(C)C)N1C(=O)C(CC(C)C)NC(=O)C1C. The first-order valence-corrected chi connectivity index (χ1v) is 7.42. The fraction of sp³-hybridized carbons (Fsp3) is 0.867. The predicted molar refractivity (Wildman–Crippen MR) is 76.6 cm³/mol. The lowest BCUT2D eigenvalue weighted by molar-refractivity contribution is -0.153. The number of hydrogen-bond donors (Lipinski definition) is 1. The molecular formula is C15H28N2O2. The highest BCUT2D eigenvalue weighted by atomic mass is 16.2. The minimum Gasteiger partial charge on any atom is -0.343 e. The van der Waals surface area contributed by atoms with E-state index in [1.165, 1.54) is 0 Å². The number of amides is 2. The second-order valence-electron chi connectivity index (χ2n) is 6.33. The van der Waals surface area contributed by atoms with Crippen LogP contribution >= 0.6 is 0 Å². The van der Waals surface area contributed by atoms with Gasteiger partial charge in [0.15, 0.2) is 0 Å². The molecular weight excluding hydrogens is 240 g/mol. The number of rotatable bonds is 5. The largest absolute Gasteiger partial charge is 0.343 e. The number of nitrogens with one attached hydrogen (secondary N) is 1. The summed E-state index contributed by atoms with van der Waals surface area (Å²) in [5, 5.41) is 2.86. The molecule has 1 N–H and O–H groups in total. The van der Waals surface area contributed by atoms with Crippen LogP contribution in [0.4, 0.5) is 0 Å². The molecule has 1 heterocycles. The number of carbonyl (C=O) groups is 2. The Labute approximate surface area is 116 Å². The van der Waals surface area contributed by atoms with Crippen molar-refractivity contribution in [3.63, 3.8) is 0 Å². The van der Waals surface area contributed by atoms with E-state index in [-0.39, 0.29) is 29.9 Å². The average Bonchev–Trinajstić information content (AvgIpc) is 2.30. The number of piperazine rings is 1. The molecule has 1 aliphatic rings. The fourth-order valence-electron chi connectivity index (χ4n) is 2.92. The van der Waals surface area contributed by atoms with Crippen molar-refractivity contribution in [2.24, 2.45) is 11.8 Å². The Morgan fingerprint density at radius 3 is 2.21 bits per heavy atom. The maximum Gasteiger partial charge on any atom is 0.246 e. The third kappa shape index (κ3) is 3.48. The summed E-state index contributed by atoms with van der Waals surface area (Å²) in [6.45, 7) is 12.3. The Hall–Kier alpha value is -1.06. The van der Waals surface area contributed by atoms with Gasteiger partial charge in [-0.15, -0.1) is 0 Å². The summed E-state index contributed by atoms with van der Waals surface area (Å²) in [5.74, 6) is 0.816. The lowest BCUT2D eigenvalue weighted by Crippen LogP contribution is -2.65. The van der Waals surface area contributed by atoms with Crippen molar-refractivity contribution >= 4 is 11.8 Å². The van der Waals surface area contributed by atoms with Crippen LogP contribution in [0.1, 0.15) is 54.4 Å². The maximum absolute atomic E-state index is 12.6. The highest BCUT2D eigenvalue weighted by molar-refractivity contribution is 5.96. The standard InChI is InChI=1S/C15H28N2O2/c1-7-13(10(4)5)17-11(6)14(18)16-12(15(17)19)8-9(2)3/h9-13H,7-8H2,1-6H3,(H,16,18). The molecule has 1 rings (SSSR count). The summed E-state index contributed by atoms with van der Waals surface area (Å²) < 4.78 is 0. The van der Waals surface area contributed by atoms with Gasteiger partial charge in [0, 0.05) is 6.04 Å². The van der Waals surface area contributed by atoms with Gasteiger partial charge in [0.25, 0.3) is 0 Å². The van der Waals surface area contributed by atoms with Crippen LogP contribution in [0.5, 0.6) is 0 Å². The number of nitrogens with zero attached hydrogens (tertiary/aromatic N) is 1. The van der Waals surface area contributed by atoms with E-state index >= 15 is 0 Å². The molecule has 0 aromatic carbocycles. The van der Waals surface area contributed by atoms with E-state index in [2.05, 4.69) is 39.9 Å². The Balaban J connectivity index is 2.98. The molecule has 0 bridgehead atoms. The Kier molecular flexibility index (Phi) is 5.39. The van der Waals surface area contributed by atoms with Crippen molar-refractivity contribution in [2.45, 2.75) is 72.5 Å². The first kappa shape index (κ1) is 16.0. The molecule has 0 aromatic heterocycles. The van der Waals surface area contributed by atoms with E-state index in [0.29, 0.717) is 18.3 Å². The van der Waals surface area contributed by atoms with Crippen molar-refractivity contribution < 1.29 is 9.59 Å². The summed E-state index contributed by atoms with van der Waals surface area (Å²) >= 11 is 0. The van der Waals surface area contributed by atoms with Crippen LogP contribution in [0.3, 0.4) is 0 Å². The van der Waals surface area contributed by atoms with E-state index in [1.54, 1.807) is 0 Å². The molecule has 1 aliphatic heterocycles. The topological polar surface area (TPSA) is 49.4 Å². The summed E-state index contributed by atoms with van der Waals surface area (Å²) in [5.41, 5.74) is 0. The highest BCUT2D eigenvalue weighted by Gasteiger charge is 2.41. The first-order valence-electron chi connectivity index (χ1n) is 7.42. The van der Waals surface area contributed by atoms with Crippen LogP contribution < -0.4 is 5.32 Å². The molecule has 3 atom stereocenters. The minimum absolute atomic E-state index is 0.0237. The minimum atomic E-state index is -0.358. The molecule has 3 unspecified atom stereocenters. The van der Waals surface area contributed by atoms with Gasteiger partial charge >= 0.3 is 0 Å². The highest BCUT2D eigenvalue weighted by Crippen LogP contribution is 2.23. The summed E-state index contributed by atoms with van der Waals surface area (Å²) in [6, 6.07) is -0.567. The first-order chi connectivity index (χ1) is 8.79. The van der Waals surface area contributed by atoms with E-state index in [0.717, 1.165) is 6.42 Å². The maximum atomic E-state index is 12.6. The molecule has 1 saturated heterocycles. The normalized spacial score (nSPS) is 26.0. The molecule has 110 valence electrons. The average molecular weight is 268 g/mol. The Morgan fingerprint density at radius 1 is 1.21 bits per heavy atom. The molecule has 0 saturated carbocycles. The van der Waals surface area contributed by atoms with Crippen LogP contribution in [0.2, 0.25) is 0 Å². The van der Waals surface area contributed by atoms with Gasteiger partial charge in [-0.05, 0) is 31.6 Å². The van der Waals surface area contributed by atoms with Crippen molar-refractivity contribution in [1.82, 2.24) is 10.2 Å². The molecule has 2 amide bonds. The van der Waals surface area contributed by atoms with Gasteiger partial charge in [-0.1, -0.05) is 34.6 Å². The van der Waals surface area contributed by atoms with Crippen LogP contribution in [0.25, 0.3) is 0 Å². The molecule has 19 heavy (non-hydrogen) atoms. The lowest BCUT2D eigenvalue weighted by atomic mass is 9.93. The van der Waals surface area contributed by atoms with E-state index in [4.69, 9.17) is 0 Å². The van der Waals surface area contributed by atoms with Gasteiger partial charge in [-0.2, -0.15) is 0 Å². The number of hydrogen-bond acceptors (Lipinski definition) is 2. The van der Waals surface area contributed by atoms with Crippen LogP contribution in [0.15, 0.2) is 0 Å². The molecule has 0 spiro atoms. The van der Waals surface area contributed by atoms with Gasteiger partial charge in [-0.3, -0.25) is 9.59 Å². The van der Waals surface area contributed by atoms with Crippen molar-refractivity contribution in [1.29, 1.82) is 0 Å². The summed E-state index contributed by atoms with van der Waals surface area (Å²) in [4.78, 5) is 26.5. The van der Waals surface area contributed by atoms with Gasteiger partial charge in [-0.25, -0.2) is 0 Å². The van der Waals surface area contributed by atoms with Crippen LogP contribution in [-0.2, 0) is 9.59 Å². The quantitative estimate of drug-likeness (QED) is 0.831. The zero-order chi connectivity index (χ0) is 14.7. The second-order valence-corrected chi connectivity index (χ2v) is 6.33. The van der Waals surface area contributed by atoms with Crippen LogP contribution in [-0.4, -0.2) is 34.8 Å². The van der Waals surface area contributed by atoms with Gasteiger partial charge in [0.05, 0.1) is 0 Å². The third-order valence-electron chi connectivity index (χ3n) is 3.92. The smallest absolute Gasteiger partial charge is 0.246 e. The van der Waals surface area contributed by atoms with Gasteiger partial charge < -0.3 is 10.2 Å². The van der Waals surface area contributed by atoms with Gasteiger partial charge in [0.1, 0.15) is 12.1 Å². The van der Waals surface area contributed by atoms with Crippen LogP contribution in [0, 0.1) is 11.8 Å². The molecule has 4 heteroatoms. The van der Waals surface area contributed by atoms with E-state index in [9.17, 15) is 9.59 Å². The Morgan fingerprint density at radius 2 is 1.79 bits per heavy atom. The molecule has 0 aliphatic carbocycles. The second kappa shape index (κ2) is 6.40. The summed E-state index contributed by atoms with van der Waals surface area (Å²) in [6.07, 6.45) is 1.59. The zero-order valence-corrected chi connectivity index (χ0v) is 13.1. The predicted octanol–water partition coefficient (Wildman–Crippen LogP) is 2.18. The molecule has 0 aromatic rings. The summed E-state index contributed by atoms with van der Waals surface area (Å²) in [7, 11) is 0. The molecule has 1 fully saturated rings. The van der Waals surface area contributed by atoms with E-state index < -0.39 is 0 Å². The fourth-order valence-corrected chi connectivity index (χ4v) is 2.92. The zero-order valence-electron chi connectivity index (χ0n) is 13.1. The van der Waals surface area contributed by atoms with Crippen molar-refractivity contribution in [2.75, 3.05) is 0 Å². The molecule has 4 nitrogen and oxygen atoms in total. The van der Waals surface area contributed by atoms with E-state index in [1.807, 2.05) is 11.8 Å². The number of carbonyl (C=O) groups excluding carboxylic acids is 2.